The molecule has 2 aromatic carbocycles. The van der Waals surface area contributed by atoms with Gasteiger partial charge in [-0.15, -0.1) is 0 Å². The first kappa shape index (κ1) is 19.1. The largest absolute Gasteiger partial charge is 0.387 e. The van der Waals surface area contributed by atoms with E-state index < -0.39 is 6.10 Å². The molecule has 0 aromatic heterocycles. The van der Waals surface area contributed by atoms with Gasteiger partial charge < -0.3 is 25.4 Å². The Morgan fingerprint density at radius 2 is 1.74 bits per heavy atom. The third-order valence-electron chi connectivity index (χ3n) is 4.48. The van der Waals surface area contributed by atoms with Crippen LogP contribution in [-0.2, 0) is 11.3 Å². The van der Waals surface area contributed by atoms with Gasteiger partial charge in [-0.25, -0.2) is 9.18 Å². The van der Waals surface area contributed by atoms with Crippen LogP contribution in [-0.4, -0.2) is 44.0 Å². The number of halogens is 1. The van der Waals surface area contributed by atoms with E-state index in [-0.39, 0.29) is 24.9 Å². The molecular weight excluding hydrogens is 349 g/mol. The number of carbonyl (C=O) groups excluding carboxylic acids is 1. The molecule has 1 heterocycles. The van der Waals surface area contributed by atoms with Crippen molar-refractivity contribution < 1.29 is 19.0 Å². The number of anilines is 1. The fourth-order valence-corrected chi connectivity index (χ4v) is 2.88. The van der Waals surface area contributed by atoms with Crippen LogP contribution in [0.3, 0.4) is 0 Å². The number of benzene rings is 2. The number of aliphatic hydroxyl groups is 1. The third-order valence-corrected chi connectivity index (χ3v) is 4.48. The van der Waals surface area contributed by atoms with Crippen molar-refractivity contribution in [3.63, 3.8) is 0 Å². The van der Waals surface area contributed by atoms with E-state index in [9.17, 15) is 14.3 Å². The van der Waals surface area contributed by atoms with Gasteiger partial charge in [0.1, 0.15) is 5.82 Å². The highest BCUT2D eigenvalue weighted by Crippen LogP contribution is 2.20. The highest BCUT2D eigenvalue weighted by Gasteiger charge is 2.13. The van der Waals surface area contributed by atoms with Gasteiger partial charge in [-0.3, -0.25) is 0 Å². The molecule has 0 radical (unpaired) electrons. The lowest BCUT2D eigenvalue weighted by Gasteiger charge is -2.29. The van der Waals surface area contributed by atoms with Gasteiger partial charge in [0.05, 0.1) is 19.3 Å². The number of carbonyl (C=O) groups is 1. The Bertz CT molecular complexity index is 731. The van der Waals surface area contributed by atoms with Crippen molar-refractivity contribution in [2.24, 2.45) is 0 Å². The van der Waals surface area contributed by atoms with Crippen LogP contribution < -0.4 is 15.5 Å². The van der Waals surface area contributed by atoms with Gasteiger partial charge in [-0.1, -0.05) is 24.3 Å². The minimum Gasteiger partial charge on any atom is -0.387 e. The summed E-state index contributed by atoms with van der Waals surface area (Å²) >= 11 is 0. The van der Waals surface area contributed by atoms with E-state index in [4.69, 9.17) is 4.74 Å². The molecule has 2 amide bonds. The number of urea groups is 1. The number of amides is 2. The second kappa shape index (κ2) is 9.34. The standard InChI is InChI=1S/C20H24FN3O3/c21-17-5-1-15(2-6-17)13-22-20(26)23-14-19(25)16-3-7-18(8-4-16)24-9-11-27-12-10-24/h1-8,19,25H,9-14H2,(H2,22,23,26). The highest BCUT2D eigenvalue weighted by molar-refractivity contribution is 5.73. The normalized spacial score (nSPS) is 15.3. The second-order valence-corrected chi connectivity index (χ2v) is 6.40. The average molecular weight is 373 g/mol. The van der Waals surface area contributed by atoms with Crippen molar-refractivity contribution in [1.82, 2.24) is 10.6 Å². The van der Waals surface area contributed by atoms with Gasteiger partial charge in [-0.2, -0.15) is 0 Å². The van der Waals surface area contributed by atoms with E-state index in [2.05, 4.69) is 15.5 Å². The fourth-order valence-electron chi connectivity index (χ4n) is 2.88. The molecular formula is C20H24FN3O3. The number of hydrogen-bond donors (Lipinski definition) is 3. The lowest BCUT2D eigenvalue weighted by atomic mass is 10.1. The van der Waals surface area contributed by atoms with Crippen molar-refractivity contribution in [3.05, 3.63) is 65.5 Å². The maximum atomic E-state index is 12.9. The molecule has 0 bridgehead atoms. The maximum Gasteiger partial charge on any atom is 0.315 e. The summed E-state index contributed by atoms with van der Waals surface area (Å²) in [6, 6.07) is 13.2. The van der Waals surface area contributed by atoms with Crippen LogP contribution in [0.25, 0.3) is 0 Å². The van der Waals surface area contributed by atoms with Crippen molar-refractivity contribution in [2.45, 2.75) is 12.6 Å². The van der Waals surface area contributed by atoms with E-state index in [1.807, 2.05) is 24.3 Å². The summed E-state index contributed by atoms with van der Waals surface area (Å²) in [5, 5.41) is 15.6. The van der Waals surface area contributed by atoms with Gasteiger partial charge in [0, 0.05) is 31.9 Å². The van der Waals surface area contributed by atoms with E-state index in [1.165, 1.54) is 12.1 Å². The topological polar surface area (TPSA) is 73.8 Å². The molecule has 1 aliphatic heterocycles. The first-order valence-electron chi connectivity index (χ1n) is 8.99. The van der Waals surface area contributed by atoms with Crippen LogP contribution in [0.2, 0.25) is 0 Å². The molecule has 3 rings (SSSR count). The van der Waals surface area contributed by atoms with E-state index in [0.717, 1.165) is 43.1 Å². The number of rotatable bonds is 6. The van der Waals surface area contributed by atoms with Crippen LogP contribution >= 0.6 is 0 Å². The molecule has 1 aliphatic rings. The highest BCUT2D eigenvalue weighted by atomic mass is 19.1. The van der Waals surface area contributed by atoms with Gasteiger partial charge >= 0.3 is 6.03 Å². The van der Waals surface area contributed by atoms with Crippen molar-refractivity contribution in [2.75, 3.05) is 37.7 Å². The SMILES string of the molecule is O=C(NCc1ccc(F)cc1)NCC(O)c1ccc(N2CCOCC2)cc1. The van der Waals surface area contributed by atoms with Gasteiger partial charge in [-0.05, 0) is 35.4 Å². The van der Waals surface area contributed by atoms with E-state index in [0.29, 0.717) is 0 Å². The van der Waals surface area contributed by atoms with Crippen molar-refractivity contribution in [1.29, 1.82) is 0 Å². The van der Waals surface area contributed by atoms with Crippen molar-refractivity contribution >= 4 is 11.7 Å². The Balaban J connectivity index is 1.43. The first-order valence-corrected chi connectivity index (χ1v) is 8.99. The van der Waals surface area contributed by atoms with Crippen molar-refractivity contribution in [3.8, 4) is 0 Å². The lowest BCUT2D eigenvalue weighted by molar-refractivity contribution is 0.122. The lowest BCUT2D eigenvalue weighted by Crippen LogP contribution is -2.37. The maximum absolute atomic E-state index is 12.9. The quantitative estimate of drug-likeness (QED) is 0.726. The van der Waals surface area contributed by atoms with E-state index in [1.54, 1.807) is 12.1 Å². The molecule has 2 aromatic rings. The number of nitrogens with zero attached hydrogens (tertiary/aromatic N) is 1. The molecule has 27 heavy (non-hydrogen) atoms. The number of ether oxygens (including phenoxy) is 1. The zero-order valence-electron chi connectivity index (χ0n) is 15.0. The predicted octanol–water partition coefficient (Wildman–Crippen LogP) is 2.20. The molecule has 1 saturated heterocycles. The summed E-state index contributed by atoms with van der Waals surface area (Å²) in [6.07, 6.45) is -0.791. The van der Waals surface area contributed by atoms with Crippen LogP contribution in [0.1, 0.15) is 17.2 Å². The molecule has 144 valence electrons. The monoisotopic (exact) mass is 373 g/mol. The molecule has 0 aliphatic carbocycles. The molecule has 0 spiro atoms. The average Bonchev–Trinajstić information content (AvgIpc) is 2.72. The van der Waals surface area contributed by atoms with Gasteiger partial charge in [0.2, 0.25) is 0 Å². The summed E-state index contributed by atoms with van der Waals surface area (Å²) in [5.74, 6) is -0.314. The summed E-state index contributed by atoms with van der Waals surface area (Å²) in [4.78, 5) is 14.1. The Hall–Kier alpha value is -2.64. The predicted molar refractivity (Wildman–Crippen MR) is 101 cm³/mol. The molecule has 1 atom stereocenters. The smallest absolute Gasteiger partial charge is 0.315 e. The zero-order valence-corrected chi connectivity index (χ0v) is 15.0. The Morgan fingerprint density at radius 3 is 2.41 bits per heavy atom. The third kappa shape index (κ3) is 5.67. The minimum absolute atomic E-state index is 0.103. The van der Waals surface area contributed by atoms with Gasteiger partial charge in [0.25, 0.3) is 0 Å². The fraction of sp³-hybridized carbons (Fsp3) is 0.350. The van der Waals surface area contributed by atoms with Crippen LogP contribution in [0, 0.1) is 5.82 Å². The Morgan fingerprint density at radius 1 is 1.07 bits per heavy atom. The second-order valence-electron chi connectivity index (χ2n) is 6.40. The van der Waals surface area contributed by atoms with Crippen LogP contribution in [0.4, 0.5) is 14.9 Å². The van der Waals surface area contributed by atoms with Crippen LogP contribution in [0.15, 0.2) is 48.5 Å². The number of morpholine rings is 1. The van der Waals surface area contributed by atoms with E-state index >= 15 is 0 Å². The summed E-state index contributed by atoms with van der Waals surface area (Å²) < 4.78 is 18.2. The minimum atomic E-state index is -0.791. The molecule has 7 heteroatoms. The molecule has 1 fully saturated rings. The number of hydrogen-bond acceptors (Lipinski definition) is 4. The van der Waals surface area contributed by atoms with Crippen LogP contribution in [0.5, 0.6) is 0 Å². The summed E-state index contributed by atoms with van der Waals surface area (Å²) in [7, 11) is 0. The number of aliphatic hydroxyl groups excluding tert-OH is 1. The molecule has 6 nitrogen and oxygen atoms in total. The number of nitrogens with one attached hydrogen (secondary N) is 2. The first-order chi connectivity index (χ1) is 13.1. The Kier molecular flexibility index (Phi) is 6.62. The van der Waals surface area contributed by atoms with Gasteiger partial charge in [0.15, 0.2) is 0 Å². The zero-order chi connectivity index (χ0) is 19.1. The molecule has 1 unspecified atom stereocenters. The molecule has 0 saturated carbocycles. The Labute approximate surface area is 157 Å². The summed E-state index contributed by atoms with van der Waals surface area (Å²) in [6.45, 7) is 3.56. The molecule has 3 N–H and O–H groups in total. The summed E-state index contributed by atoms with van der Waals surface area (Å²) in [5.41, 5.74) is 2.64.